The van der Waals surface area contributed by atoms with Gasteiger partial charge in [0, 0.05) is 48.4 Å². The van der Waals surface area contributed by atoms with Crippen molar-refractivity contribution in [3.8, 4) is 22.4 Å². The molecule has 1 N–H and O–H groups in total. The maximum Gasteiger partial charge on any atom is 0.254 e. The van der Waals surface area contributed by atoms with Crippen molar-refractivity contribution in [2.75, 3.05) is 44.3 Å². The van der Waals surface area contributed by atoms with Crippen LogP contribution in [-0.2, 0) is 9.53 Å². The number of carbonyl (C=O) groups is 1. The van der Waals surface area contributed by atoms with E-state index < -0.39 is 0 Å². The van der Waals surface area contributed by atoms with Crippen molar-refractivity contribution < 1.29 is 9.53 Å². The average Bonchev–Trinajstić information content (AvgIpc) is 3.56. The summed E-state index contributed by atoms with van der Waals surface area (Å²) in [6.07, 6.45) is 11.7. The number of amides is 1. The molecular formula is C26H30N8O2. The van der Waals surface area contributed by atoms with Gasteiger partial charge in [0.05, 0.1) is 37.3 Å². The highest BCUT2D eigenvalue weighted by Gasteiger charge is 2.24. The van der Waals surface area contributed by atoms with Gasteiger partial charge in [-0.25, -0.2) is 15.0 Å². The lowest BCUT2D eigenvalue weighted by molar-refractivity contribution is -0.125. The second-order valence-corrected chi connectivity index (χ2v) is 9.49. The summed E-state index contributed by atoms with van der Waals surface area (Å²) in [4.78, 5) is 33.8. The van der Waals surface area contributed by atoms with E-state index in [1.54, 1.807) is 17.3 Å². The molecule has 4 aromatic rings. The molecule has 4 aromatic heterocycles. The fraction of sp³-hybridized carbons (Fsp3) is 0.423. The Morgan fingerprint density at radius 3 is 2.75 bits per heavy atom. The largest absolute Gasteiger partial charge is 0.370 e. The van der Waals surface area contributed by atoms with E-state index in [0.717, 1.165) is 71.6 Å². The van der Waals surface area contributed by atoms with Crippen LogP contribution in [0.5, 0.6) is 0 Å². The average molecular weight is 487 g/mol. The SMILES string of the molecule is CCN1CCC(n2cc(-c3c[nH]c4ncc(-c5cnc(N6CCOCC6=O)c(C)c5)nc34)cn2)CC1. The first-order valence-corrected chi connectivity index (χ1v) is 12.6. The molecule has 2 aliphatic heterocycles. The van der Waals surface area contributed by atoms with Crippen LogP contribution >= 0.6 is 0 Å². The van der Waals surface area contributed by atoms with Gasteiger partial charge < -0.3 is 14.6 Å². The normalized spacial score (nSPS) is 17.8. The molecule has 10 nitrogen and oxygen atoms in total. The van der Waals surface area contributed by atoms with Crippen molar-refractivity contribution in [1.82, 2.24) is 34.6 Å². The fourth-order valence-corrected chi connectivity index (χ4v) is 5.16. The maximum atomic E-state index is 12.2. The van der Waals surface area contributed by atoms with Gasteiger partial charge in [0.15, 0.2) is 5.65 Å². The number of pyridine rings is 1. The predicted molar refractivity (Wildman–Crippen MR) is 137 cm³/mol. The summed E-state index contributed by atoms with van der Waals surface area (Å²) in [5.41, 5.74) is 6.05. The Bertz CT molecular complexity index is 1400. The summed E-state index contributed by atoms with van der Waals surface area (Å²) in [6.45, 7) is 8.63. The number of nitrogens with one attached hydrogen (secondary N) is 1. The molecule has 0 saturated carbocycles. The summed E-state index contributed by atoms with van der Waals surface area (Å²) in [5.74, 6) is 0.597. The van der Waals surface area contributed by atoms with Crippen LogP contribution in [0.25, 0.3) is 33.5 Å². The Balaban J connectivity index is 1.28. The number of ether oxygens (including phenoxy) is 1. The number of piperidine rings is 1. The molecule has 1 amide bonds. The molecule has 0 atom stereocenters. The minimum atomic E-state index is -0.0701. The minimum absolute atomic E-state index is 0.0701. The zero-order valence-corrected chi connectivity index (χ0v) is 20.6. The zero-order chi connectivity index (χ0) is 24.6. The number of rotatable bonds is 5. The van der Waals surface area contributed by atoms with Crippen LogP contribution in [-0.4, -0.2) is 79.9 Å². The third kappa shape index (κ3) is 4.16. The van der Waals surface area contributed by atoms with E-state index in [1.165, 1.54) is 0 Å². The second-order valence-electron chi connectivity index (χ2n) is 9.49. The van der Waals surface area contributed by atoms with E-state index in [-0.39, 0.29) is 12.5 Å². The van der Waals surface area contributed by atoms with Gasteiger partial charge in [-0.1, -0.05) is 6.92 Å². The molecule has 2 aliphatic rings. The van der Waals surface area contributed by atoms with Crippen LogP contribution in [0.15, 0.2) is 37.1 Å². The van der Waals surface area contributed by atoms with Crippen molar-refractivity contribution in [3.63, 3.8) is 0 Å². The molecule has 0 aromatic carbocycles. The van der Waals surface area contributed by atoms with E-state index >= 15 is 0 Å². The molecule has 186 valence electrons. The molecular weight excluding hydrogens is 456 g/mol. The highest BCUT2D eigenvalue weighted by Crippen LogP contribution is 2.31. The maximum absolute atomic E-state index is 12.2. The van der Waals surface area contributed by atoms with Gasteiger partial charge in [-0.15, -0.1) is 0 Å². The number of nitrogens with zero attached hydrogens (tertiary/aromatic N) is 7. The molecule has 2 saturated heterocycles. The first-order valence-electron chi connectivity index (χ1n) is 12.6. The van der Waals surface area contributed by atoms with E-state index in [9.17, 15) is 4.79 Å². The number of H-pyrrole nitrogens is 1. The number of hydrogen-bond acceptors (Lipinski definition) is 7. The van der Waals surface area contributed by atoms with Gasteiger partial charge in [-0.05, 0) is 37.9 Å². The zero-order valence-electron chi connectivity index (χ0n) is 20.6. The molecule has 6 heterocycles. The third-order valence-electron chi connectivity index (χ3n) is 7.26. The highest BCUT2D eigenvalue weighted by molar-refractivity contribution is 5.95. The summed E-state index contributed by atoms with van der Waals surface area (Å²) >= 11 is 0. The molecule has 0 bridgehead atoms. The van der Waals surface area contributed by atoms with E-state index in [4.69, 9.17) is 14.8 Å². The van der Waals surface area contributed by atoms with Crippen molar-refractivity contribution in [2.45, 2.75) is 32.7 Å². The lowest BCUT2D eigenvalue weighted by Gasteiger charge is -2.31. The van der Waals surface area contributed by atoms with Gasteiger partial charge in [-0.3, -0.25) is 14.4 Å². The third-order valence-corrected chi connectivity index (χ3v) is 7.26. The summed E-state index contributed by atoms with van der Waals surface area (Å²) in [5, 5.41) is 4.69. The lowest BCUT2D eigenvalue weighted by atomic mass is 10.1. The fourth-order valence-electron chi connectivity index (χ4n) is 5.16. The summed E-state index contributed by atoms with van der Waals surface area (Å²) in [6, 6.07) is 2.44. The van der Waals surface area contributed by atoms with Gasteiger partial charge in [0.25, 0.3) is 5.91 Å². The Kier molecular flexibility index (Phi) is 5.98. The first-order chi connectivity index (χ1) is 17.6. The van der Waals surface area contributed by atoms with Crippen LogP contribution in [0.2, 0.25) is 0 Å². The van der Waals surface area contributed by atoms with Crippen LogP contribution in [0.4, 0.5) is 5.82 Å². The summed E-state index contributed by atoms with van der Waals surface area (Å²) in [7, 11) is 0. The van der Waals surface area contributed by atoms with Gasteiger partial charge in [-0.2, -0.15) is 5.10 Å². The number of morpholine rings is 1. The smallest absolute Gasteiger partial charge is 0.254 e. The number of fused-ring (bicyclic) bond motifs is 1. The standard InChI is InChI=1S/C26H30N8O2/c1-3-32-6-4-20(5-7-32)34-15-19(12-30-34)21-13-27-25-24(21)31-22(14-28-25)18-10-17(2)26(29-11-18)33-8-9-36-16-23(33)35/h10-15,20H,3-9,16H2,1-2H3,(H,27,28). The molecule has 0 unspecified atom stereocenters. The number of anilines is 1. The van der Waals surface area contributed by atoms with Gasteiger partial charge in [0.2, 0.25) is 0 Å². The molecule has 6 rings (SSSR count). The number of hydrogen-bond donors (Lipinski definition) is 1. The Morgan fingerprint density at radius 2 is 1.97 bits per heavy atom. The predicted octanol–water partition coefficient (Wildman–Crippen LogP) is 3.21. The molecule has 0 radical (unpaired) electrons. The number of aromatic amines is 1. The molecule has 36 heavy (non-hydrogen) atoms. The van der Waals surface area contributed by atoms with Crippen LogP contribution in [0.3, 0.4) is 0 Å². The summed E-state index contributed by atoms with van der Waals surface area (Å²) < 4.78 is 7.35. The topological polar surface area (TPSA) is 105 Å². The molecule has 10 heteroatoms. The van der Waals surface area contributed by atoms with Gasteiger partial charge >= 0.3 is 0 Å². The Hall–Kier alpha value is -3.63. The van der Waals surface area contributed by atoms with Crippen LogP contribution < -0.4 is 4.90 Å². The lowest BCUT2D eigenvalue weighted by Crippen LogP contribution is -2.42. The van der Waals surface area contributed by atoms with Gasteiger partial charge in [0.1, 0.15) is 17.9 Å². The van der Waals surface area contributed by atoms with Crippen LogP contribution in [0.1, 0.15) is 31.4 Å². The molecule has 0 spiro atoms. The second kappa shape index (κ2) is 9.44. The van der Waals surface area contributed by atoms with E-state index in [0.29, 0.717) is 25.0 Å². The number of aromatic nitrogens is 6. The number of carbonyl (C=O) groups excluding carboxylic acids is 1. The monoisotopic (exact) mass is 486 g/mol. The van der Waals surface area contributed by atoms with Crippen LogP contribution in [0, 0.1) is 6.92 Å². The molecule has 2 fully saturated rings. The van der Waals surface area contributed by atoms with Crippen molar-refractivity contribution >= 4 is 22.9 Å². The minimum Gasteiger partial charge on any atom is -0.370 e. The van der Waals surface area contributed by atoms with E-state index in [1.807, 2.05) is 25.4 Å². The van der Waals surface area contributed by atoms with E-state index in [2.05, 4.69) is 37.7 Å². The van der Waals surface area contributed by atoms with Crippen molar-refractivity contribution in [2.24, 2.45) is 0 Å². The number of aryl methyl sites for hydroxylation is 1. The highest BCUT2D eigenvalue weighted by atomic mass is 16.5. The Morgan fingerprint density at radius 1 is 1.11 bits per heavy atom. The first kappa shape index (κ1) is 22.8. The Labute approximate surface area is 209 Å². The number of likely N-dealkylation sites (tertiary alicyclic amines) is 1. The van der Waals surface area contributed by atoms with Crippen molar-refractivity contribution in [3.05, 3.63) is 42.6 Å². The quantitative estimate of drug-likeness (QED) is 0.462. The van der Waals surface area contributed by atoms with Crippen molar-refractivity contribution in [1.29, 1.82) is 0 Å². The molecule has 0 aliphatic carbocycles.